The summed E-state index contributed by atoms with van der Waals surface area (Å²) in [5.41, 5.74) is 10.6. The second kappa shape index (κ2) is 6.79. The van der Waals surface area contributed by atoms with Gasteiger partial charge in [-0.15, -0.1) is 0 Å². The van der Waals surface area contributed by atoms with E-state index in [0.29, 0.717) is 23.1 Å². The minimum Gasteiger partial charge on any atom is -0.383 e. The van der Waals surface area contributed by atoms with E-state index in [4.69, 9.17) is 10.8 Å². The summed E-state index contributed by atoms with van der Waals surface area (Å²) in [6, 6.07) is 3.92. The maximum atomic E-state index is 14.9. The molecule has 0 amide bonds. The lowest BCUT2D eigenvalue weighted by atomic mass is 10.1. The molecule has 2 fully saturated rings. The predicted molar refractivity (Wildman–Crippen MR) is 117 cm³/mol. The first-order chi connectivity index (χ1) is 15.1. The van der Waals surface area contributed by atoms with Crippen LogP contribution in [0.25, 0.3) is 21.9 Å². The number of imidazole rings is 1. The number of hydrogen-bond donors (Lipinski definition) is 2. The SMILES string of the molecule is Cc1cnc(N)c2c(C#Cc3cc4ncn(C5CC5)c4cc3F)nn(C3CCNC3)c12. The molecule has 1 aromatic carbocycles. The Balaban J connectivity index is 1.47. The normalized spacial score (nSPS) is 18.6. The Kier molecular flexibility index (Phi) is 4.02. The number of benzene rings is 1. The van der Waals surface area contributed by atoms with Crippen molar-refractivity contribution in [2.75, 3.05) is 18.8 Å². The van der Waals surface area contributed by atoms with Crippen LogP contribution in [0.5, 0.6) is 0 Å². The topological polar surface area (TPSA) is 86.6 Å². The van der Waals surface area contributed by atoms with E-state index in [1.54, 1.807) is 18.6 Å². The number of aromatic nitrogens is 5. The first-order valence-corrected chi connectivity index (χ1v) is 10.6. The molecule has 1 aliphatic carbocycles. The van der Waals surface area contributed by atoms with Gasteiger partial charge in [0.2, 0.25) is 0 Å². The van der Waals surface area contributed by atoms with Gasteiger partial charge in [0.15, 0.2) is 0 Å². The average molecular weight is 415 g/mol. The fraction of sp³-hybridized carbons (Fsp3) is 0.348. The van der Waals surface area contributed by atoms with Gasteiger partial charge in [0.05, 0.1) is 39.9 Å². The smallest absolute Gasteiger partial charge is 0.147 e. The van der Waals surface area contributed by atoms with Gasteiger partial charge in [0, 0.05) is 24.8 Å². The van der Waals surface area contributed by atoms with Crippen LogP contribution in [0.2, 0.25) is 0 Å². The van der Waals surface area contributed by atoms with E-state index in [9.17, 15) is 4.39 Å². The Morgan fingerprint density at radius 1 is 1.16 bits per heavy atom. The third kappa shape index (κ3) is 2.96. The summed E-state index contributed by atoms with van der Waals surface area (Å²) in [7, 11) is 0. The third-order valence-electron chi connectivity index (χ3n) is 6.24. The monoisotopic (exact) mass is 415 g/mol. The van der Waals surface area contributed by atoms with Gasteiger partial charge in [-0.05, 0) is 50.3 Å². The van der Waals surface area contributed by atoms with Crippen molar-refractivity contribution in [2.45, 2.75) is 38.3 Å². The number of rotatable bonds is 2. The Morgan fingerprint density at radius 2 is 2.03 bits per heavy atom. The quantitative estimate of drug-likeness (QED) is 0.492. The number of nitrogen functional groups attached to an aromatic ring is 1. The van der Waals surface area contributed by atoms with Crippen LogP contribution < -0.4 is 11.1 Å². The van der Waals surface area contributed by atoms with E-state index in [1.165, 1.54) is 6.07 Å². The number of anilines is 1. The number of pyridine rings is 1. The van der Waals surface area contributed by atoms with Crippen molar-refractivity contribution < 1.29 is 4.39 Å². The van der Waals surface area contributed by atoms with Crippen LogP contribution in [0.3, 0.4) is 0 Å². The predicted octanol–water partition coefficient (Wildman–Crippen LogP) is 3.08. The lowest BCUT2D eigenvalue weighted by molar-refractivity contribution is 0.505. The first-order valence-electron chi connectivity index (χ1n) is 10.6. The lowest BCUT2D eigenvalue weighted by Gasteiger charge is -2.11. The van der Waals surface area contributed by atoms with Crippen molar-refractivity contribution in [1.82, 2.24) is 29.6 Å². The molecule has 1 saturated heterocycles. The second-order valence-electron chi connectivity index (χ2n) is 8.44. The van der Waals surface area contributed by atoms with Gasteiger partial charge in [-0.2, -0.15) is 5.10 Å². The summed E-state index contributed by atoms with van der Waals surface area (Å²) < 4.78 is 18.9. The highest BCUT2D eigenvalue weighted by atomic mass is 19.1. The van der Waals surface area contributed by atoms with Crippen molar-refractivity contribution in [3.63, 3.8) is 0 Å². The third-order valence-corrected chi connectivity index (χ3v) is 6.24. The van der Waals surface area contributed by atoms with E-state index in [0.717, 1.165) is 59.9 Å². The molecule has 2 aliphatic rings. The molecule has 8 heteroatoms. The molecule has 1 saturated carbocycles. The molecule has 0 radical (unpaired) electrons. The summed E-state index contributed by atoms with van der Waals surface area (Å²) >= 11 is 0. The summed E-state index contributed by atoms with van der Waals surface area (Å²) in [6.07, 6.45) is 6.78. The molecule has 31 heavy (non-hydrogen) atoms. The number of halogens is 1. The number of fused-ring (bicyclic) bond motifs is 2. The van der Waals surface area contributed by atoms with Crippen LogP contribution in [0.1, 0.15) is 48.2 Å². The molecular weight excluding hydrogens is 393 g/mol. The van der Waals surface area contributed by atoms with E-state index in [-0.39, 0.29) is 11.9 Å². The molecule has 0 spiro atoms. The fourth-order valence-corrected chi connectivity index (χ4v) is 4.46. The van der Waals surface area contributed by atoms with Crippen molar-refractivity contribution in [1.29, 1.82) is 0 Å². The number of aryl methyl sites for hydroxylation is 1. The van der Waals surface area contributed by atoms with Crippen LogP contribution in [0.4, 0.5) is 10.2 Å². The van der Waals surface area contributed by atoms with Crippen LogP contribution in [-0.4, -0.2) is 37.4 Å². The van der Waals surface area contributed by atoms with E-state index in [1.807, 2.05) is 11.6 Å². The highest BCUT2D eigenvalue weighted by Crippen LogP contribution is 2.37. The molecule has 3 N–H and O–H groups in total. The standard InChI is InChI=1S/C23H22FN7/c1-13-10-27-23(25)21-18(29-31(22(13)21)16-6-7-26-11-16)5-2-14-8-19-20(9-17(14)24)30(12-28-19)15-3-4-15/h8-10,12,15-16,26H,3-4,6-7,11H2,1H3,(H2,25,27). The number of nitrogens with zero attached hydrogens (tertiary/aromatic N) is 5. The van der Waals surface area contributed by atoms with E-state index < -0.39 is 0 Å². The Labute approximate surface area is 178 Å². The summed E-state index contributed by atoms with van der Waals surface area (Å²) in [4.78, 5) is 8.74. The molecule has 3 aromatic heterocycles. The molecule has 4 heterocycles. The van der Waals surface area contributed by atoms with Crippen molar-refractivity contribution in [3.05, 3.63) is 47.3 Å². The maximum absolute atomic E-state index is 14.9. The second-order valence-corrected chi connectivity index (χ2v) is 8.44. The van der Waals surface area contributed by atoms with E-state index >= 15 is 0 Å². The average Bonchev–Trinajstić information content (AvgIpc) is 3.16. The van der Waals surface area contributed by atoms with Gasteiger partial charge >= 0.3 is 0 Å². The molecule has 6 rings (SSSR count). The highest BCUT2D eigenvalue weighted by Gasteiger charge is 2.26. The minimum atomic E-state index is -0.353. The van der Waals surface area contributed by atoms with Gasteiger partial charge in [-0.1, -0.05) is 5.92 Å². The maximum Gasteiger partial charge on any atom is 0.147 e. The van der Waals surface area contributed by atoms with Crippen molar-refractivity contribution >= 4 is 27.8 Å². The zero-order valence-corrected chi connectivity index (χ0v) is 17.2. The molecule has 0 bridgehead atoms. The number of hydrogen-bond acceptors (Lipinski definition) is 5. The van der Waals surface area contributed by atoms with Gasteiger partial charge in [-0.3, -0.25) is 4.68 Å². The van der Waals surface area contributed by atoms with Crippen molar-refractivity contribution in [2.24, 2.45) is 0 Å². The number of nitrogens with one attached hydrogen (secondary N) is 1. The van der Waals surface area contributed by atoms with Crippen LogP contribution >= 0.6 is 0 Å². The minimum absolute atomic E-state index is 0.234. The molecule has 156 valence electrons. The highest BCUT2D eigenvalue weighted by molar-refractivity contribution is 5.95. The van der Waals surface area contributed by atoms with Gasteiger partial charge in [0.1, 0.15) is 17.3 Å². The molecular formula is C23H22FN7. The van der Waals surface area contributed by atoms with Crippen LogP contribution in [0, 0.1) is 24.6 Å². The Hall–Kier alpha value is -3.44. The summed E-state index contributed by atoms with van der Waals surface area (Å²) in [6.45, 7) is 3.79. The number of nitrogens with two attached hydrogens (primary N) is 1. The Bertz CT molecular complexity index is 1390. The summed E-state index contributed by atoms with van der Waals surface area (Å²) in [5.74, 6) is 6.07. The fourth-order valence-electron chi connectivity index (χ4n) is 4.46. The van der Waals surface area contributed by atoms with Gasteiger partial charge in [0.25, 0.3) is 0 Å². The zero-order chi connectivity index (χ0) is 21.1. The van der Waals surface area contributed by atoms with Crippen molar-refractivity contribution in [3.8, 4) is 11.8 Å². The summed E-state index contributed by atoms with van der Waals surface area (Å²) in [5, 5.41) is 8.88. The lowest BCUT2D eigenvalue weighted by Crippen LogP contribution is -2.15. The van der Waals surface area contributed by atoms with Gasteiger partial charge in [-0.25, -0.2) is 14.4 Å². The Morgan fingerprint density at radius 3 is 2.81 bits per heavy atom. The molecule has 4 aromatic rings. The molecule has 1 atom stereocenters. The zero-order valence-electron chi connectivity index (χ0n) is 17.2. The first kappa shape index (κ1) is 18.3. The largest absolute Gasteiger partial charge is 0.383 e. The van der Waals surface area contributed by atoms with Crippen LogP contribution in [-0.2, 0) is 0 Å². The molecule has 1 unspecified atom stereocenters. The van der Waals surface area contributed by atoms with Crippen LogP contribution in [0.15, 0.2) is 24.7 Å². The molecule has 1 aliphatic heterocycles. The van der Waals surface area contributed by atoms with E-state index in [2.05, 4.69) is 31.7 Å². The van der Waals surface area contributed by atoms with Gasteiger partial charge < -0.3 is 15.6 Å². The molecule has 7 nitrogen and oxygen atoms in total.